The molecule has 1 N–H and O–H groups in total. The van der Waals surface area contributed by atoms with Gasteiger partial charge >= 0.3 is 0 Å². The summed E-state index contributed by atoms with van der Waals surface area (Å²) in [5.74, 6) is 0.383. The first kappa shape index (κ1) is 14.5. The number of aryl methyl sites for hydroxylation is 2. The van der Waals surface area contributed by atoms with Gasteiger partial charge in [-0.15, -0.1) is 0 Å². The first-order valence-corrected chi connectivity index (χ1v) is 7.02. The minimum absolute atomic E-state index is 0.192. The third-order valence-corrected chi connectivity index (χ3v) is 3.12. The molecule has 1 aromatic heterocycles. The van der Waals surface area contributed by atoms with Crippen molar-refractivity contribution in [1.82, 2.24) is 4.98 Å². The van der Waals surface area contributed by atoms with E-state index >= 15 is 0 Å². The second-order valence-electron chi connectivity index (χ2n) is 4.55. The summed E-state index contributed by atoms with van der Waals surface area (Å²) in [5, 5.41) is 2.76. The maximum Gasteiger partial charge on any atom is 0.249 e. The summed E-state index contributed by atoms with van der Waals surface area (Å²) in [6, 6.07) is 11.6. The van der Waals surface area contributed by atoms with Crippen LogP contribution in [-0.4, -0.2) is 10.9 Å². The third-order valence-electron chi connectivity index (χ3n) is 2.62. The first-order valence-electron chi connectivity index (χ1n) is 6.23. The Labute approximate surface area is 126 Å². The lowest BCUT2D eigenvalue weighted by Crippen LogP contribution is -2.09. The fourth-order valence-corrected chi connectivity index (χ4v) is 2.27. The number of amides is 1. The Balaban J connectivity index is 2.05. The Morgan fingerprint density at radius 2 is 2.05 bits per heavy atom. The van der Waals surface area contributed by atoms with Crippen molar-refractivity contribution in [2.24, 2.45) is 0 Å². The van der Waals surface area contributed by atoms with Gasteiger partial charge in [-0.05, 0) is 55.3 Å². The minimum Gasteiger partial charge on any atom is -0.307 e. The Morgan fingerprint density at radius 3 is 2.75 bits per heavy atom. The molecule has 0 saturated carbocycles. The molecular formula is C16H15BrN2O. The number of aromatic nitrogens is 1. The van der Waals surface area contributed by atoms with E-state index < -0.39 is 0 Å². The number of halogens is 1. The number of benzene rings is 1. The van der Waals surface area contributed by atoms with E-state index in [1.807, 2.05) is 50.2 Å². The van der Waals surface area contributed by atoms with Crippen LogP contribution < -0.4 is 5.32 Å². The zero-order chi connectivity index (χ0) is 14.5. The van der Waals surface area contributed by atoms with E-state index in [1.165, 1.54) is 6.08 Å². The van der Waals surface area contributed by atoms with Crippen molar-refractivity contribution >= 4 is 33.7 Å². The normalized spacial score (nSPS) is 10.8. The van der Waals surface area contributed by atoms with Crippen LogP contribution in [0.15, 0.2) is 46.9 Å². The van der Waals surface area contributed by atoms with Crippen LogP contribution in [0, 0.1) is 13.8 Å². The summed E-state index contributed by atoms with van der Waals surface area (Å²) in [5.41, 5.74) is 2.92. The molecule has 0 radical (unpaired) electrons. The highest BCUT2D eigenvalue weighted by molar-refractivity contribution is 9.10. The molecule has 2 rings (SSSR count). The number of hydrogen-bond donors (Lipinski definition) is 1. The molecule has 0 atom stereocenters. The van der Waals surface area contributed by atoms with Crippen molar-refractivity contribution in [2.75, 3.05) is 5.32 Å². The zero-order valence-corrected chi connectivity index (χ0v) is 12.9. The maximum absolute atomic E-state index is 11.8. The summed E-state index contributed by atoms with van der Waals surface area (Å²) >= 11 is 3.39. The smallest absolute Gasteiger partial charge is 0.249 e. The lowest BCUT2D eigenvalue weighted by molar-refractivity contribution is -0.111. The van der Waals surface area contributed by atoms with Crippen LogP contribution in [0.1, 0.15) is 16.8 Å². The van der Waals surface area contributed by atoms with Gasteiger partial charge in [-0.1, -0.05) is 28.1 Å². The monoisotopic (exact) mass is 330 g/mol. The number of hydrogen-bond acceptors (Lipinski definition) is 2. The summed E-state index contributed by atoms with van der Waals surface area (Å²) in [4.78, 5) is 16.1. The predicted molar refractivity (Wildman–Crippen MR) is 85.5 cm³/mol. The van der Waals surface area contributed by atoms with E-state index in [0.29, 0.717) is 5.82 Å². The van der Waals surface area contributed by atoms with Crippen molar-refractivity contribution < 1.29 is 4.79 Å². The number of carbonyl (C=O) groups excluding carboxylic acids is 1. The van der Waals surface area contributed by atoms with Crippen LogP contribution in [0.5, 0.6) is 0 Å². The molecule has 0 spiro atoms. The highest BCUT2D eigenvalue weighted by atomic mass is 79.9. The van der Waals surface area contributed by atoms with E-state index in [9.17, 15) is 4.79 Å². The van der Waals surface area contributed by atoms with Crippen molar-refractivity contribution in [3.8, 4) is 0 Å². The second kappa shape index (κ2) is 6.48. The molecule has 0 saturated heterocycles. The standard InChI is InChI=1S/C16H15BrN2O/c1-11-8-12(2)18-15(9-11)19-16(20)7-6-13-4-3-5-14(17)10-13/h3-10H,1-2H3,(H,18,19,20)/b7-6+. The van der Waals surface area contributed by atoms with Gasteiger partial charge in [0.25, 0.3) is 0 Å². The van der Waals surface area contributed by atoms with Gasteiger partial charge < -0.3 is 5.32 Å². The van der Waals surface area contributed by atoms with Crippen LogP contribution >= 0.6 is 15.9 Å². The van der Waals surface area contributed by atoms with Crippen LogP contribution in [-0.2, 0) is 4.79 Å². The van der Waals surface area contributed by atoms with Crippen molar-refractivity contribution in [2.45, 2.75) is 13.8 Å². The van der Waals surface area contributed by atoms with Gasteiger partial charge in [-0.3, -0.25) is 4.79 Å². The zero-order valence-electron chi connectivity index (χ0n) is 11.4. The molecule has 1 aromatic carbocycles. The lowest BCUT2D eigenvalue weighted by atomic mass is 10.2. The molecule has 1 heterocycles. The highest BCUT2D eigenvalue weighted by Crippen LogP contribution is 2.13. The van der Waals surface area contributed by atoms with Gasteiger partial charge in [0, 0.05) is 16.2 Å². The molecule has 2 aromatic rings. The molecule has 0 aliphatic rings. The molecule has 102 valence electrons. The number of pyridine rings is 1. The van der Waals surface area contributed by atoms with Crippen LogP contribution in [0.25, 0.3) is 6.08 Å². The Kier molecular flexibility index (Phi) is 4.69. The Morgan fingerprint density at radius 1 is 1.25 bits per heavy atom. The number of nitrogens with one attached hydrogen (secondary N) is 1. The van der Waals surface area contributed by atoms with Crippen molar-refractivity contribution in [3.05, 3.63) is 63.8 Å². The van der Waals surface area contributed by atoms with Crippen molar-refractivity contribution in [3.63, 3.8) is 0 Å². The molecule has 1 amide bonds. The van der Waals surface area contributed by atoms with E-state index in [-0.39, 0.29) is 5.91 Å². The highest BCUT2D eigenvalue weighted by Gasteiger charge is 2.01. The minimum atomic E-state index is -0.192. The van der Waals surface area contributed by atoms with E-state index in [1.54, 1.807) is 6.08 Å². The summed E-state index contributed by atoms with van der Waals surface area (Å²) in [7, 11) is 0. The van der Waals surface area contributed by atoms with Gasteiger partial charge in [0.15, 0.2) is 0 Å². The molecule has 4 heteroatoms. The fraction of sp³-hybridized carbons (Fsp3) is 0.125. The van der Waals surface area contributed by atoms with Crippen LogP contribution in [0.2, 0.25) is 0 Å². The summed E-state index contributed by atoms with van der Waals surface area (Å²) in [6.07, 6.45) is 3.27. The predicted octanol–water partition coefficient (Wildman–Crippen LogP) is 4.11. The number of nitrogens with zero attached hydrogens (tertiary/aromatic N) is 1. The largest absolute Gasteiger partial charge is 0.307 e. The average molecular weight is 331 g/mol. The topological polar surface area (TPSA) is 42.0 Å². The summed E-state index contributed by atoms with van der Waals surface area (Å²) < 4.78 is 0.982. The number of carbonyl (C=O) groups is 1. The molecular weight excluding hydrogens is 316 g/mol. The molecule has 0 aliphatic heterocycles. The SMILES string of the molecule is Cc1cc(C)nc(NC(=O)/C=C/c2cccc(Br)c2)c1. The van der Waals surface area contributed by atoms with Crippen LogP contribution in [0.4, 0.5) is 5.82 Å². The van der Waals surface area contributed by atoms with E-state index in [0.717, 1.165) is 21.3 Å². The average Bonchev–Trinajstić information content (AvgIpc) is 2.35. The van der Waals surface area contributed by atoms with Crippen molar-refractivity contribution in [1.29, 1.82) is 0 Å². The van der Waals surface area contributed by atoms with Gasteiger partial charge in [0.2, 0.25) is 5.91 Å². The van der Waals surface area contributed by atoms with Gasteiger partial charge in [-0.2, -0.15) is 0 Å². The van der Waals surface area contributed by atoms with Crippen LogP contribution in [0.3, 0.4) is 0 Å². The van der Waals surface area contributed by atoms with E-state index in [2.05, 4.69) is 26.2 Å². The molecule has 0 bridgehead atoms. The van der Waals surface area contributed by atoms with Gasteiger partial charge in [0.05, 0.1) is 0 Å². The molecule has 0 aliphatic carbocycles. The number of anilines is 1. The lowest BCUT2D eigenvalue weighted by Gasteiger charge is -2.04. The fourth-order valence-electron chi connectivity index (χ4n) is 1.86. The maximum atomic E-state index is 11.8. The first-order chi connectivity index (χ1) is 9.52. The third kappa shape index (κ3) is 4.31. The molecule has 0 unspecified atom stereocenters. The quantitative estimate of drug-likeness (QED) is 0.860. The molecule has 3 nitrogen and oxygen atoms in total. The van der Waals surface area contributed by atoms with Gasteiger partial charge in [0.1, 0.15) is 5.82 Å². The number of rotatable bonds is 3. The molecule has 0 fully saturated rings. The molecule has 20 heavy (non-hydrogen) atoms. The Bertz CT molecular complexity index is 645. The van der Waals surface area contributed by atoms with Gasteiger partial charge in [-0.25, -0.2) is 4.98 Å². The summed E-state index contributed by atoms with van der Waals surface area (Å²) in [6.45, 7) is 3.88. The second-order valence-corrected chi connectivity index (χ2v) is 5.46. The Hall–Kier alpha value is -1.94. The van der Waals surface area contributed by atoms with E-state index in [4.69, 9.17) is 0 Å².